The van der Waals surface area contributed by atoms with Crippen molar-refractivity contribution in [3.05, 3.63) is 45.3 Å². The SMILES string of the molecule is CC(C)C(C)(C)C[C@H]1C[C@@H](n2nnc([C@@H](CCCOCc3ccccc3)CC(=O)OC(C)(C)C)c2I)C1. The summed E-state index contributed by atoms with van der Waals surface area (Å²) in [6.07, 6.45) is 5.51. The number of hydrogen-bond donors (Lipinski definition) is 0. The molecule has 0 N–H and O–H groups in total. The third-order valence-corrected chi connectivity index (χ3v) is 8.82. The van der Waals surface area contributed by atoms with Crippen molar-refractivity contribution in [3.63, 3.8) is 0 Å². The average Bonchev–Trinajstić information content (AvgIpc) is 3.15. The van der Waals surface area contributed by atoms with Gasteiger partial charge < -0.3 is 9.47 Å². The Bertz CT molecular complexity index is 991. The van der Waals surface area contributed by atoms with Crippen LogP contribution in [-0.4, -0.2) is 33.2 Å². The van der Waals surface area contributed by atoms with E-state index in [2.05, 4.69) is 77.4 Å². The fraction of sp³-hybridized carbons (Fsp3) is 0.700. The lowest BCUT2D eigenvalue weighted by molar-refractivity contribution is -0.155. The number of esters is 1. The van der Waals surface area contributed by atoms with E-state index in [1.807, 2.05) is 39.0 Å². The number of aromatic nitrogens is 3. The van der Waals surface area contributed by atoms with Gasteiger partial charge in [0.2, 0.25) is 0 Å². The summed E-state index contributed by atoms with van der Waals surface area (Å²) in [7, 11) is 0. The Morgan fingerprint density at radius 2 is 1.81 bits per heavy atom. The van der Waals surface area contributed by atoms with Gasteiger partial charge in [-0.15, -0.1) is 5.10 Å². The number of ether oxygens (including phenoxy) is 2. The van der Waals surface area contributed by atoms with E-state index in [-0.39, 0.29) is 11.9 Å². The lowest BCUT2D eigenvalue weighted by Crippen LogP contribution is -2.33. The summed E-state index contributed by atoms with van der Waals surface area (Å²) in [5, 5.41) is 9.17. The minimum Gasteiger partial charge on any atom is -0.460 e. The molecule has 0 aliphatic heterocycles. The number of rotatable bonds is 13. The molecule has 1 fully saturated rings. The topological polar surface area (TPSA) is 66.2 Å². The molecule has 0 radical (unpaired) electrons. The van der Waals surface area contributed by atoms with E-state index in [1.165, 1.54) is 12.0 Å². The Kier molecular flexibility index (Phi) is 10.6. The van der Waals surface area contributed by atoms with Gasteiger partial charge in [0.15, 0.2) is 0 Å². The zero-order valence-corrected chi connectivity index (χ0v) is 26.0. The smallest absolute Gasteiger partial charge is 0.306 e. The predicted molar refractivity (Wildman–Crippen MR) is 156 cm³/mol. The maximum Gasteiger partial charge on any atom is 0.306 e. The molecule has 1 aromatic carbocycles. The molecule has 1 aliphatic rings. The number of hydrogen-bond acceptors (Lipinski definition) is 5. The van der Waals surface area contributed by atoms with Crippen LogP contribution in [0.3, 0.4) is 0 Å². The van der Waals surface area contributed by atoms with E-state index in [4.69, 9.17) is 9.47 Å². The average molecular weight is 624 g/mol. The van der Waals surface area contributed by atoms with Gasteiger partial charge in [-0.2, -0.15) is 0 Å². The third kappa shape index (κ3) is 9.05. The first-order chi connectivity index (χ1) is 17.4. The molecule has 7 heteroatoms. The monoisotopic (exact) mass is 623 g/mol. The number of benzene rings is 1. The zero-order valence-electron chi connectivity index (χ0n) is 23.8. The van der Waals surface area contributed by atoms with Gasteiger partial charge in [-0.05, 0) is 98.3 Å². The maximum absolute atomic E-state index is 12.8. The summed E-state index contributed by atoms with van der Waals surface area (Å²) in [5.74, 6) is 1.19. The summed E-state index contributed by atoms with van der Waals surface area (Å²) in [6, 6.07) is 10.6. The van der Waals surface area contributed by atoms with Crippen LogP contribution < -0.4 is 0 Å². The second kappa shape index (κ2) is 13.0. The van der Waals surface area contributed by atoms with Gasteiger partial charge in [0.1, 0.15) is 9.30 Å². The van der Waals surface area contributed by atoms with Crippen LogP contribution in [0.2, 0.25) is 0 Å². The molecule has 37 heavy (non-hydrogen) atoms. The first-order valence-corrected chi connectivity index (χ1v) is 14.9. The number of carbonyl (C=O) groups excluding carboxylic acids is 1. The standard InChI is InChI=1S/C30H46IN3O3/c1-21(2)30(6,7)19-23-16-25(17-23)34-28(31)27(32-33-34)24(18-26(35)37-29(3,4)5)14-11-15-36-20-22-12-9-8-10-13-22/h8-10,12-13,21,23-25H,11,14-20H2,1-7H3/t23-,24-,25+/m0/s1. The van der Waals surface area contributed by atoms with Gasteiger partial charge in [-0.25, -0.2) is 4.68 Å². The maximum atomic E-state index is 12.8. The second-order valence-corrected chi connectivity index (χ2v) is 13.7. The van der Waals surface area contributed by atoms with Crippen LogP contribution in [0.4, 0.5) is 0 Å². The summed E-state index contributed by atoms with van der Waals surface area (Å²) < 4.78 is 14.7. The molecule has 0 amide bonds. The molecule has 0 bridgehead atoms. The first-order valence-electron chi connectivity index (χ1n) is 13.8. The molecule has 2 aromatic rings. The van der Waals surface area contributed by atoms with Crippen LogP contribution in [0, 0.1) is 21.0 Å². The summed E-state index contributed by atoms with van der Waals surface area (Å²) in [4.78, 5) is 12.8. The second-order valence-electron chi connectivity index (χ2n) is 12.7. The highest BCUT2D eigenvalue weighted by Crippen LogP contribution is 2.46. The first kappa shape index (κ1) is 30.1. The molecule has 6 nitrogen and oxygen atoms in total. The highest BCUT2D eigenvalue weighted by atomic mass is 127. The van der Waals surface area contributed by atoms with Crippen molar-refractivity contribution in [1.29, 1.82) is 0 Å². The van der Waals surface area contributed by atoms with Gasteiger partial charge in [-0.1, -0.05) is 63.2 Å². The summed E-state index contributed by atoms with van der Waals surface area (Å²) in [6.45, 7) is 16.4. The largest absolute Gasteiger partial charge is 0.460 e. The zero-order chi connectivity index (χ0) is 27.2. The molecule has 0 saturated heterocycles. The van der Waals surface area contributed by atoms with Crippen LogP contribution in [-0.2, 0) is 20.9 Å². The highest BCUT2D eigenvalue weighted by Gasteiger charge is 2.38. The normalized spacial score (nSPS) is 19.1. The Hall–Kier alpha value is -1.48. The van der Waals surface area contributed by atoms with E-state index >= 15 is 0 Å². The van der Waals surface area contributed by atoms with Gasteiger partial charge in [0, 0.05) is 12.5 Å². The number of halogens is 1. The van der Waals surface area contributed by atoms with Crippen molar-refractivity contribution in [3.8, 4) is 0 Å². The molecule has 0 spiro atoms. The fourth-order valence-electron chi connectivity index (χ4n) is 4.94. The minimum absolute atomic E-state index is 0.0356. The molecule has 1 aliphatic carbocycles. The van der Waals surface area contributed by atoms with Crippen LogP contribution in [0.5, 0.6) is 0 Å². The molecule has 3 rings (SSSR count). The molecule has 1 heterocycles. The predicted octanol–water partition coefficient (Wildman–Crippen LogP) is 7.72. The fourth-order valence-corrected chi connectivity index (χ4v) is 5.98. The Morgan fingerprint density at radius 3 is 2.43 bits per heavy atom. The van der Waals surface area contributed by atoms with Crippen molar-refractivity contribution >= 4 is 28.6 Å². The van der Waals surface area contributed by atoms with E-state index in [0.29, 0.717) is 37.0 Å². The van der Waals surface area contributed by atoms with E-state index in [9.17, 15) is 4.79 Å². The molecular formula is C30H46IN3O3. The van der Waals surface area contributed by atoms with E-state index < -0.39 is 5.60 Å². The van der Waals surface area contributed by atoms with Gasteiger partial charge in [0.25, 0.3) is 0 Å². The molecular weight excluding hydrogens is 577 g/mol. The Labute approximate surface area is 237 Å². The minimum atomic E-state index is -0.504. The third-order valence-electron chi connectivity index (χ3n) is 7.77. The van der Waals surface area contributed by atoms with Crippen LogP contribution in [0.1, 0.15) is 110 Å². The van der Waals surface area contributed by atoms with Crippen molar-refractivity contribution in [2.45, 2.75) is 111 Å². The van der Waals surface area contributed by atoms with Crippen LogP contribution in [0.15, 0.2) is 30.3 Å². The Balaban J connectivity index is 1.61. The summed E-state index contributed by atoms with van der Waals surface area (Å²) in [5.41, 5.74) is 1.94. The lowest BCUT2D eigenvalue weighted by atomic mass is 9.67. The van der Waals surface area contributed by atoms with E-state index in [0.717, 1.165) is 41.0 Å². The molecule has 1 aromatic heterocycles. The number of nitrogens with zero attached hydrogens (tertiary/aromatic N) is 3. The van der Waals surface area contributed by atoms with E-state index in [1.54, 1.807) is 0 Å². The van der Waals surface area contributed by atoms with Gasteiger partial charge >= 0.3 is 5.97 Å². The van der Waals surface area contributed by atoms with Gasteiger partial charge in [-0.3, -0.25) is 4.79 Å². The van der Waals surface area contributed by atoms with Crippen LogP contribution >= 0.6 is 22.6 Å². The number of carbonyl (C=O) groups is 1. The molecule has 1 atom stereocenters. The lowest BCUT2D eigenvalue weighted by Gasteiger charge is -2.41. The Morgan fingerprint density at radius 1 is 1.14 bits per heavy atom. The van der Waals surface area contributed by atoms with Crippen molar-refractivity contribution in [2.24, 2.45) is 17.3 Å². The molecule has 1 saturated carbocycles. The van der Waals surface area contributed by atoms with Crippen molar-refractivity contribution < 1.29 is 14.3 Å². The van der Waals surface area contributed by atoms with Gasteiger partial charge in [0.05, 0.1) is 24.8 Å². The molecule has 0 unspecified atom stereocenters. The summed E-state index contributed by atoms with van der Waals surface area (Å²) >= 11 is 2.38. The van der Waals surface area contributed by atoms with Crippen molar-refractivity contribution in [2.75, 3.05) is 6.61 Å². The van der Waals surface area contributed by atoms with Crippen LogP contribution in [0.25, 0.3) is 0 Å². The quantitative estimate of drug-likeness (QED) is 0.130. The molecule has 206 valence electrons. The highest BCUT2D eigenvalue weighted by molar-refractivity contribution is 14.1. The van der Waals surface area contributed by atoms with Crippen molar-refractivity contribution in [1.82, 2.24) is 15.0 Å².